The predicted octanol–water partition coefficient (Wildman–Crippen LogP) is 8.58. The highest BCUT2D eigenvalue weighted by molar-refractivity contribution is 6.00. The molecule has 1 unspecified atom stereocenters. The summed E-state index contributed by atoms with van der Waals surface area (Å²) in [5, 5.41) is 0. The van der Waals surface area contributed by atoms with Gasteiger partial charge >= 0.3 is 6.09 Å². The van der Waals surface area contributed by atoms with Crippen LogP contribution in [0.4, 0.5) is 10.5 Å². The molecule has 4 heteroatoms. The molecule has 0 fully saturated rings. The molecule has 0 aromatic heterocycles. The van der Waals surface area contributed by atoms with Gasteiger partial charge in [-0.25, -0.2) is 4.79 Å². The number of carbonyl (C=O) groups is 1. The summed E-state index contributed by atoms with van der Waals surface area (Å²) in [6, 6.07) is 19.1. The summed E-state index contributed by atoms with van der Waals surface area (Å²) in [5.41, 5.74) is 9.01. The Morgan fingerprint density at radius 2 is 1.68 bits per heavy atom. The number of allylic oxidation sites excluding steroid dienone is 1. The van der Waals surface area contributed by atoms with Crippen LogP contribution in [0.25, 0.3) is 16.7 Å². The lowest BCUT2D eigenvalue weighted by Crippen LogP contribution is -2.51. The van der Waals surface area contributed by atoms with Crippen molar-refractivity contribution in [2.45, 2.75) is 79.1 Å². The van der Waals surface area contributed by atoms with Crippen molar-refractivity contribution in [2.75, 3.05) is 4.90 Å². The fraction of sp³-hybridized carbons (Fsp3) is 0.364. The minimum atomic E-state index is -0.592. The van der Waals surface area contributed by atoms with E-state index < -0.39 is 11.1 Å². The van der Waals surface area contributed by atoms with Crippen molar-refractivity contribution in [3.05, 3.63) is 88.5 Å². The molecule has 0 saturated heterocycles. The summed E-state index contributed by atoms with van der Waals surface area (Å²) >= 11 is 0. The van der Waals surface area contributed by atoms with Crippen LogP contribution >= 0.6 is 0 Å². The molecule has 3 aromatic rings. The third kappa shape index (κ3) is 4.54. The fourth-order valence-electron chi connectivity index (χ4n) is 5.76. The summed E-state index contributed by atoms with van der Waals surface area (Å²) < 4.78 is 12.6. The highest BCUT2D eigenvalue weighted by atomic mass is 16.6. The number of aryl methyl sites for hydroxylation is 2. The molecule has 0 saturated carbocycles. The summed E-state index contributed by atoms with van der Waals surface area (Å²) in [6.45, 7) is 16.2. The first-order valence-corrected chi connectivity index (χ1v) is 13.1. The number of hydrogen-bond donors (Lipinski definition) is 0. The van der Waals surface area contributed by atoms with E-state index in [2.05, 4.69) is 95.3 Å². The van der Waals surface area contributed by atoms with E-state index in [9.17, 15) is 4.79 Å². The molecule has 0 aliphatic carbocycles. The predicted molar refractivity (Wildman–Crippen MR) is 151 cm³/mol. The second kappa shape index (κ2) is 8.79. The third-order valence-corrected chi connectivity index (χ3v) is 7.22. The molecule has 192 valence electrons. The van der Waals surface area contributed by atoms with Crippen LogP contribution in [0.2, 0.25) is 0 Å². The van der Waals surface area contributed by atoms with Gasteiger partial charge in [-0.1, -0.05) is 54.1 Å². The average molecular weight is 496 g/mol. The zero-order valence-corrected chi connectivity index (χ0v) is 23.2. The van der Waals surface area contributed by atoms with Crippen LogP contribution in [0.5, 0.6) is 5.75 Å². The first kappa shape index (κ1) is 25.1. The molecule has 1 atom stereocenters. The van der Waals surface area contributed by atoms with E-state index in [1.165, 1.54) is 22.3 Å². The van der Waals surface area contributed by atoms with E-state index in [0.29, 0.717) is 0 Å². The Labute approximate surface area is 220 Å². The van der Waals surface area contributed by atoms with E-state index in [1.54, 1.807) is 4.90 Å². The number of amides is 1. The van der Waals surface area contributed by atoms with Gasteiger partial charge in [-0.05, 0) is 89.8 Å². The molecule has 2 aliphatic rings. The van der Waals surface area contributed by atoms with Crippen LogP contribution in [0, 0.1) is 13.8 Å². The molecule has 3 aromatic carbocycles. The van der Waals surface area contributed by atoms with Crippen LogP contribution < -0.4 is 9.64 Å². The lowest BCUT2D eigenvalue weighted by atomic mass is 9.79. The molecule has 37 heavy (non-hydrogen) atoms. The fourth-order valence-corrected chi connectivity index (χ4v) is 5.76. The largest absolute Gasteiger partial charge is 0.485 e. The number of hydrogen-bond acceptors (Lipinski definition) is 3. The summed E-state index contributed by atoms with van der Waals surface area (Å²) in [5.74, 6) is 0.909. The van der Waals surface area contributed by atoms with Crippen LogP contribution in [-0.2, 0) is 11.2 Å². The number of nitrogens with zero attached hydrogens (tertiary/aromatic N) is 1. The Balaban J connectivity index is 1.73. The summed E-state index contributed by atoms with van der Waals surface area (Å²) in [4.78, 5) is 15.4. The Bertz CT molecular complexity index is 1410. The highest BCUT2D eigenvalue weighted by Crippen LogP contribution is 2.52. The SMILES string of the molecule is CC1=CC(C)(C)N(C(=O)OC(C)(C)C)c2ccc3c(c21)C(Cc1ccc(C)cc1)Oc1cccc(C)c1-3. The Morgan fingerprint density at radius 3 is 2.35 bits per heavy atom. The van der Waals surface area contributed by atoms with Crippen molar-refractivity contribution in [3.8, 4) is 16.9 Å². The standard InChI is InChI=1S/C33H37NO3/c1-20-12-14-23(15-13-20)18-27-30-24(28-21(2)10-9-11-26(28)36-27)16-17-25-29(30)22(3)19-33(7,8)34(25)31(35)37-32(4,5)6/h9-17,19,27H,18H2,1-8H3. The van der Waals surface area contributed by atoms with E-state index in [4.69, 9.17) is 9.47 Å². The summed E-state index contributed by atoms with van der Waals surface area (Å²) in [7, 11) is 0. The first-order chi connectivity index (χ1) is 17.4. The molecule has 0 N–H and O–H groups in total. The van der Waals surface area contributed by atoms with E-state index in [-0.39, 0.29) is 12.2 Å². The van der Waals surface area contributed by atoms with Crippen LogP contribution in [-0.4, -0.2) is 17.2 Å². The molecule has 4 nitrogen and oxygen atoms in total. The molecular weight excluding hydrogens is 458 g/mol. The van der Waals surface area contributed by atoms with Gasteiger partial charge in [-0.3, -0.25) is 4.90 Å². The Kier molecular flexibility index (Phi) is 5.97. The van der Waals surface area contributed by atoms with Gasteiger partial charge in [-0.15, -0.1) is 0 Å². The normalized spacial score (nSPS) is 17.7. The highest BCUT2D eigenvalue weighted by Gasteiger charge is 2.41. The third-order valence-electron chi connectivity index (χ3n) is 7.22. The molecule has 2 aliphatic heterocycles. The van der Waals surface area contributed by atoms with Crippen LogP contribution in [0.15, 0.2) is 60.7 Å². The average Bonchev–Trinajstić information content (AvgIpc) is 2.78. The quantitative estimate of drug-likeness (QED) is 0.357. The Morgan fingerprint density at radius 1 is 0.973 bits per heavy atom. The smallest absolute Gasteiger partial charge is 0.415 e. The van der Waals surface area contributed by atoms with Crippen LogP contribution in [0.1, 0.15) is 75.5 Å². The Hall–Kier alpha value is -3.53. The minimum Gasteiger partial charge on any atom is -0.485 e. The maximum atomic E-state index is 13.6. The maximum absolute atomic E-state index is 13.6. The number of fused-ring (bicyclic) bond motifs is 5. The van der Waals surface area contributed by atoms with Gasteiger partial charge in [0, 0.05) is 23.1 Å². The number of ether oxygens (including phenoxy) is 2. The van der Waals surface area contributed by atoms with Crippen molar-refractivity contribution in [2.24, 2.45) is 0 Å². The molecule has 1 amide bonds. The van der Waals surface area contributed by atoms with E-state index in [1.807, 2.05) is 20.8 Å². The topological polar surface area (TPSA) is 38.8 Å². The second-order valence-corrected chi connectivity index (χ2v) is 12.0. The van der Waals surface area contributed by atoms with Gasteiger partial charge < -0.3 is 9.47 Å². The molecular formula is C33H37NO3. The van der Waals surface area contributed by atoms with Gasteiger partial charge in [0.1, 0.15) is 17.5 Å². The van der Waals surface area contributed by atoms with Crippen molar-refractivity contribution in [3.63, 3.8) is 0 Å². The lowest BCUT2D eigenvalue weighted by molar-refractivity contribution is 0.0556. The first-order valence-electron chi connectivity index (χ1n) is 13.1. The molecule has 0 bridgehead atoms. The monoisotopic (exact) mass is 495 g/mol. The zero-order chi connectivity index (χ0) is 26.7. The molecule has 0 radical (unpaired) electrons. The minimum absolute atomic E-state index is 0.188. The lowest BCUT2D eigenvalue weighted by Gasteiger charge is -2.44. The number of carbonyl (C=O) groups excluding carboxylic acids is 1. The molecule has 2 heterocycles. The maximum Gasteiger partial charge on any atom is 0.415 e. The van der Waals surface area contributed by atoms with E-state index >= 15 is 0 Å². The van der Waals surface area contributed by atoms with Crippen LogP contribution in [0.3, 0.4) is 0 Å². The van der Waals surface area contributed by atoms with Crippen molar-refractivity contribution in [1.29, 1.82) is 0 Å². The van der Waals surface area contributed by atoms with Crippen molar-refractivity contribution < 1.29 is 14.3 Å². The second-order valence-electron chi connectivity index (χ2n) is 12.0. The van der Waals surface area contributed by atoms with E-state index in [0.717, 1.165) is 40.1 Å². The van der Waals surface area contributed by atoms with Gasteiger partial charge in [0.25, 0.3) is 0 Å². The number of rotatable bonds is 2. The van der Waals surface area contributed by atoms with Crippen molar-refractivity contribution >= 4 is 17.4 Å². The number of anilines is 1. The van der Waals surface area contributed by atoms with Gasteiger partial charge in [0.2, 0.25) is 0 Å². The van der Waals surface area contributed by atoms with Crippen molar-refractivity contribution in [1.82, 2.24) is 0 Å². The summed E-state index contributed by atoms with van der Waals surface area (Å²) in [6.07, 6.45) is 2.38. The van der Waals surface area contributed by atoms with Gasteiger partial charge in [-0.2, -0.15) is 0 Å². The van der Waals surface area contributed by atoms with Gasteiger partial charge in [0.05, 0.1) is 11.2 Å². The molecule has 5 rings (SSSR count). The molecule has 0 spiro atoms. The van der Waals surface area contributed by atoms with Gasteiger partial charge in [0.15, 0.2) is 0 Å². The number of benzene rings is 3. The zero-order valence-electron chi connectivity index (χ0n) is 23.2.